The lowest BCUT2D eigenvalue weighted by molar-refractivity contribution is -0.131. The maximum absolute atomic E-state index is 13.2. The van der Waals surface area contributed by atoms with Crippen molar-refractivity contribution in [3.05, 3.63) is 65.2 Å². The molecule has 0 saturated carbocycles. The van der Waals surface area contributed by atoms with Crippen molar-refractivity contribution < 1.29 is 24.1 Å². The molecule has 3 aliphatic rings. The van der Waals surface area contributed by atoms with Crippen LogP contribution in [0, 0.1) is 5.92 Å². The number of β-amino-alcohol motifs (C(OH)–C–C–N with tert-alkyl or cyclic N) is 1. The molecule has 3 aliphatic heterocycles. The average Bonchev–Trinajstić information content (AvgIpc) is 3.20. The number of hydrogen-bond donors (Lipinski definition) is 1. The topological polar surface area (TPSA) is 71.5 Å². The number of hydrogen-bond acceptors (Lipinski definition) is 6. The normalized spacial score (nSPS) is 20.4. The number of likely N-dealkylation sites (tertiary alicyclic amines) is 1. The van der Waals surface area contributed by atoms with Crippen molar-refractivity contribution in [2.75, 3.05) is 46.6 Å². The van der Waals surface area contributed by atoms with Gasteiger partial charge in [0.1, 0.15) is 5.75 Å². The summed E-state index contributed by atoms with van der Waals surface area (Å²) in [4.78, 5) is 17.7. The van der Waals surface area contributed by atoms with Crippen molar-refractivity contribution in [1.29, 1.82) is 0 Å². The van der Waals surface area contributed by atoms with Gasteiger partial charge in [0.15, 0.2) is 11.5 Å². The Morgan fingerprint density at radius 1 is 1.05 bits per heavy atom. The fourth-order valence-electron chi connectivity index (χ4n) is 6.46. The van der Waals surface area contributed by atoms with Crippen molar-refractivity contribution in [2.45, 2.75) is 44.6 Å². The van der Waals surface area contributed by atoms with Crippen LogP contribution < -0.4 is 14.2 Å². The maximum Gasteiger partial charge on any atom is 0.231 e. The van der Waals surface area contributed by atoms with Gasteiger partial charge in [0.25, 0.3) is 0 Å². The first kappa shape index (κ1) is 26.0. The molecule has 6 rings (SSSR count). The van der Waals surface area contributed by atoms with E-state index in [-0.39, 0.29) is 12.7 Å². The lowest BCUT2D eigenvalue weighted by Crippen LogP contribution is -2.41. The molecule has 3 aromatic carbocycles. The van der Waals surface area contributed by atoms with E-state index in [0.717, 1.165) is 91.0 Å². The molecule has 3 heterocycles. The smallest absolute Gasteiger partial charge is 0.231 e. The van der Waals surface area contributed by atoms with Crippen LogP contribution in [0.3, 0.4) is 0 Å². The summed E-state index contributed by atoms with van der Waals surface area (Å²) in [7, 11) is 1.68. The van der Waals surface area contributed by atoms with Gasteiger partial charge in [-0.1, -0.05) is 30.7 Å². The molecule has 7 heteroatoms. The summed E-state index contributed by atoms with van der Waals surface area (Å²) in [5.74, 6) is 2.98. The van der Waals surface area contributed by atoms with Crippen LogP contribution in [0.5, 0.6) is 17.2 Å². The standard InChI is InChI=1S/C32H38N2O5/c1-37-28-8-9-29-24(6-4-7-25(29)14-28)13-27(35)20-33-11-3-2-5-22(18-33)19-34-12-10-23-15-30-31(39-21-38-30)16-26(23)17-32(34)36/h4,6-9,14-16,22,27,35H,2-3,5,10-13,17-21H2,1H3. The van der Waals surface area contributed by atoms with Crippen LogP contribution in [0.4, 0.5) is 0 Å². The number of amides is 1. The number of carbonyl (C=O) groups is 1. The number of carbonyl (C=O) groups excluding carboxylic acids is 1. The highest BCUT2D eigenvalue weighted by Gasteiger charge is 2.28. The van der Waals surface area contributed by atoms with Gasteiger partial charge in [-0.25, -0.2) is 0 Å². The SMILES string of the molecule is COc1ccc2c(CC(O)CN3CCCCC(CN4CCc5cc6c(cc5CC4=O)OCO6)C3)cccc2c1. The van der Waals surface area contributed by atoms with Crippen molar-refractivity contribution >= 4 is 16.7 Å². The zero-order valence-corrected chi connectivity index (χ0v) is 22.7. The quantitative estimate of drug-likeness (QED) is 0.494. The molecule has 7 nitrogen and oxygen atoms in total. The molecule has 0 aliphatic carbocycles. The largest absolute Gasteiger partial charge is 0.497 e. The van der Waals surface area contributed by atoms with Gasteiger partial charge in [0.05, 0.1) is 19.6 Å². The van der Waals surface area contributed by atoms with Gasteiger partial charge in [-0.2, -0.15) is 0 Å². The molecule has 1 saturated heterocycles. The molecule has 39 heavy (non-hydrogen) atoms. The molecule has 3 aromatic rings. The molecular formula is C32H38N2O5. The van der Waals surface area contributed by atoms with Gasteiger partial charge >= 0.3 is 0 Å². The number of rotatable bonds is 7. The van der Waals surface area contributed by atoms with E-state index in [1.54, 1.807) is 7.11 Å². The minimum absolute atomic E-state index is 0.191. The van der Waals surface area contributed by atoms with Gasteiger partial charge in [0.2, 0.25) is 12.7 Å². The Hall–Kier alpha value is -3.29. The molecule has 2 atom stereocenters. The summed E-state index contributed by atoms with van der Waals surface area (Å²) in [6.07, 6.45) is 4.82. The molecule has 1 N–H and O–H groups in total. The summed E-state index contributed by atoms with van der Waals surface area (Å²) in [5.41, 5.74) is 3.40. The maximum atomic E-state index is 13.2. The van der Waals surface area contributed by atoms with E-state index in [2.05, 4.69) is 40.1 Å². The van der Waals surface area contributed by atoms with Crippen LogP contribution in [0.1, 0.15) is 36.0 Å². The van der Waals surface area contributed by atoms with Crippen LogP contribution in [0.2, 0.25) is 0 Å². The minimum Gasteiger partial charge on any atom is -0.497 e. The van der Waals surface area contributed by atoms with E-state index < -0.39 is 6.10 Å². The predicted molar refractivity (Wildman–Crippen MR) is 151 cm³/mol. The summed E-state index contributed by atoms with van der Waals surface area (Å²) in [6, 6.07) is 16.4. The molecule has 0 aromatic heterocycles. The van der Waals surface area contributed by atoms with E-state index >= 15 is 0 Å². The minimum atomic E-state index is -0.447. The molecule has 2 unspecified atom stereocenters. The van der Waals surface area contributed by atoms with E-state index in [4.69, 9.17) is 14.2 Å². The number of benzene rings is 3. The fraction of sp³-hybridized carbons (Fsp3) is 0.469. The number of aliphatic hydroxyl groups is 1. The Bertz CT molecular complexity index is 1340. The van der Waals surface area contributed by atoms with Crippen LogP contribution in [-0.4, -0.2) is 73.5 Å². The Morgan fingerprint density at radius 3 is 2.74 bits per heavy atom. The van der Waals surface area contributed by atoms with Gasteiger partial charge in [-0.15, -0.1) is 0 Å². The fourth-order valence-corrected chi connectivity index (χ4v) is 6.46. The molecule has 1 fully saturated rings. The number of ether oxygens (including phenoxy) is 3. The van der Waals surface area contributed by atoms with Crippen molar-refractivity contribution in [3.8, 4) is 17.2 Å². The Kier molecular flexibility index (Phi) is 7.62. The first-order valence-corrected chi connectivity index (χ1v) is 14.2. The molecule has 1 amide bonds. The Morgan fingerprint density at radius 2 is 1.90 bits per heavy atom. The second-order valence-electron chi connectivity index (χ2n) is 11.2. The summed E-state index contributed by atoms with van der Waals surface area (Å²) < 4.78 is 16.5. The van der Waals surface area contributed by atoms with Crippen LogP contribution in [0.25, 0.3) is 10.8 Å². The molecule has 0 bridgehead atoms. The number of fused-ring (bicyclic) bond motifs is 3. The summed E-state index contributed by atoms with van der Waals surface area (Å²) in [6.45, 7) is 4.31. The zero-order chi connectivity index (χ0) is 26.8. The molecule has 0 spiro atoms. The number of nitrogens with zero attached hydrogens (tertiary/aromatic N) is 2. The van der Waals surface area contributed by atoms with Crippen LogP contribution in [0.15, 0.2) is 48.5 Å². The second kappa shape index (κ2) is 11.4. The van der Waals surface area contributed by atoms with Crippen molar-refractivity contribution in [2.24, 2.45) is 5.92 Å². The first-order chi connectivity index (χ1) is 19.1. The third-order valence-corrected chi connectivity index (χ3v) is 8.47. The number of aliphatic hydroxyl groups excluding tert-OH is 1. The predicted octanol–water partition coefficient (Wildman–Crippen LogP) is 4.21. The van der Waals surface area contributed by atoms with Crippen LogP contribution in [-0.2, 0) is 24.1 Å². The van der Waals surface area contributed by atoms with Gasteiger partial charge in [-0.05, 0) is 83.5 Å². The lowest BCUT2D eigenvalue weighted by Gasteiger charge is -2.30. The second-order valence-corrected chi connectivity index (χ2v) is 11.2. The summed E-state index contributed by atoms with van der Waals surface area (Å²) >= 11 is 0. The highest BCUT2D eigenvalue weighted by atomic mass is 16.7. The average molecular weight is 531 g/mol. The monoisotopic (exact) mass is 530 g/mol. The molecular weight excluding hydrogens is 492 g/mol. The van der Waals surface area contributed by atoms with E-state index in [1.165, 1.54) is 5.56 Å². The zero-order valence-electron chi connectivity index (χ0n) is 22.7. The highest BCUT2D eigenvalue weighted by molar-refractivity contribution is 5.87. The van der Waals surface area contributed by atoms with E-state index in [1.807, 2.05) is 18.2 Å². The third-order valence-electron chi connectivity index (χ3n) is 8.47. The van der Waals surface area contributed by atoms with E-state index in [9.17, 15) is 9.90 Å². The third kappa shape index (κ3) is 5.85. The van der Waals surface area contributed by atoms with Gasteiger partial charge < -0.3 is 29.1 Å². The Balaban J connectivity index is 1.07. The van der Waals surface area contributed by atoms with Crippen LogP contribution >= 0.6 is 0 Å². The summed E-state index contributed by atoms with van der Waals surface area (Å²) in [5, 5.41) is 13.4. The van der Waals surface area contributed by atoms with E-state index in [0.29, 0.717) is 25.3 Å². The molecule has 0 radical (unpaired) electrons. The van der Waals surface area contributed by atoms with Crippen molar-refractivity contribution in [3.63, 3.8) is 0 Å². The first-order valence-electron chi connectivity index (χ1n) is 14.2. The van der Waals surface area contributed by atoms with Gasteiger partial charge in [0, 0.05) is 32.6 Å². The Labute approximate surface area is 230 Å². The van der Waals surface area contributed by atoms with Gasteiger partial charge in [-0.3, -0.25) is 4.79 Å². The van der Waals surface area contributed by atoms with Crippen molar-refractivity contribution in [1.82, 2.24) is 9.80 Å². The number of methoxy groups -OCH3 is 1. The highest BCUT2D eigenvalue weighted by Crippen LogP contribution is 2.36. The molecule has 206 valence electrons. The lowest BCUT2D eigenvalue weighted by atomic mass is 9.99.